The Morgan fingerprint density at radius 3 is 2.59 bits per heavy atom. The Kier molecular flexibility index (Phi) is 5.84. The van der Waals surface area contributed by atoms with Gasteiger partial charge in [0.15, 0.2) is 0 Å². The van der Waals surface area contributed by atoms with Crippen LogP contribution in [0.25, 0.3) is 0 Å². The summed E-state index contributed by atoms with van der Waals surface area (Å²) in [5.41, 5.74) is 0.283. The monoisotopic (exact) mass is 379 g/mol. The molecule has 27 heavy (non-hydrogen) atoms. The van der Waals surface area contributed by atoms with E-state index >= 15 is 0 Å². The third-order valence-corrected chi connectivity index (χ3v) is 4.66. The van der Waals surface area contributed by atoms with Crippen molar-refractivity contribution in [3.8, 4) is 0 Å². The van der Waals surface area contributed by atoms with Gasteiger partial charge in [-0.2, -0.15) is 13.2 Å². The number of benzene rings is 1. The Morgan fingerprint density at radius 1 is 1.19 bits per heavy atom. The molecule has 0 saturated carbocycles. The molecule has 0 bridgehead atoms. The number of alkyl halides is 3. The second-order valence-corrected chi connectivity index (χ2v) is 7.07. The lowest BCUT2D eigenvalue weighted by Gasteiger charge is -2.33. The Hall–Kier alpha value is -2.35. The second-order valence-electron chi connectivity index (χ2n) is 7.07. The molecule has 146 valence electrons. The SMILES string of the molecule is CN(C)c1cc(NC2CCCN(Cc3ccc(C(F)(F)F)cc3)C2)ncn1. The largest absolute Gasteiger partial charge is 0.416 e. The quantitative estimate of drug-likeness (QED) is 0.859. The van der Waals surface area contributed by atoms with Crippen molar-refractivity contribution in [2.45, 2.75) is 31.6 Å². The molecule has 0 amide bonds. The molecular formula is C19H24F3N5. The first-order valence-corrected chi connectivity index (χ1v) is 8.95. The van der Waals surface area contributed by atoms with Crippen LogP contribution in [0.3, 0.4) is 0 Å². The summed E-state index contributed by atoms with van der Waals surface area (Å²) in [6.45, 7) is 2.40. The van der Waals surface area contributed by atoms with E-state index in [0.717, 1.165) is 55.3 Å². The molecule has 1 fully saturated rings. The Bertz CT molecular complexity index is 746. The van der Waals surface area contributed by atoms with Gasteiger partial charge in [-0.1, -0.05) is 12.1 Å². The van der Waals surface area contributed by atoms with Gasteiger partial charge in [0.05, 0.1) is 5.56 Å². The fourth-order valence-corrected chi connectivity index (χ4v) is 3.25. The van der Waals surface area contributed by atoms with E-state index in [0.29, 0.717) is 6.54 Å². The van der Waals surface area contributed by atoms with Gasteiger partial charge in [0, 0.05) is 39.3 Å². The van der Waals surface area contributed by atoms with Crippen molar-refractivity contribution in [2.24, 2.45) is 0 Å². The van der Waals surface area contributed by atoms with E-state index in [1.54, 1.807) is 18.5 Å². The lowest BCUT2D eigenvalue weighted by Crippen LogP contribution is -2.41. The van der Waals surface area contributed by atoms with Gasteiger partial charge in [-0.15, -0.1) is 0 Å². The van der Waals surface area contributed by atoms with Crippen LogP contribution in [0.1, 0.15) is 24.0 Å². The zero-order chi connectivity index (χ0) is 19.4. The van der Waals surface area contributed by atoms with Crippen LogP contribution in [0.15, 0.2) is 36.7 Å². The number of aromatic nitrogens is 2. The van der Waals surface area contributed by atoms with E-state index in [9.17, 15) is 13.2 Å². The van der Waals surface area contributed by atoms with E-state index in [-0.39, 0.29) is 6.04 Å². The van der Waals surface area contributed by atoms with Gasteiger partial charge in [0.2, 0.25) is 0 Å². The zero-order valence-electron chi connectivity index (χ0n) is 15.5. The maximum Gasteiger partial charge on any atom is 0.416 e. The molecule has 3 rings (SSSR count). The normalized spacial score (nSPS) is 18.3. The molecule has 5 nitrogen and oxygen atoms in total. The van der Waals surface area contributed by atoms with Gasteiger partial charge in [-0.3, -0.25) is 4.90 Å². The molecule has 1 saturated heterocycles. The molecule has 8 heteroatoms. The number of anilines is 2. The lowest BCUT2D eigenvalue weighted by atomic mass is 10.0. The van der Waals surface area contributed by atoms with Crippen LogP contribution in [0.5, 0.6) is 0 Å². The molecule has 0 spiro atoms. The van der Waals surface area contributed by atoms with Crippen LogP contribution < -0.4 is 10.2 Å². The molecular weight excluding hydrogens is 355 g/mol. The summed E-state index contributed by atoms with van der Waals surface area (Å²) in [4.78, 5) is 12.7. The predicted molar refractivity (Wildman–Crippen MR) is 99.7 cm³/mol. The average molecular weight is 379 g/mol. The van der Waals surface area contributed by atoms with Gasteiger partial charge in [-0.05, 0) is 37.1 Å². The van der Waals surface area contributed by atoms with Crippen molar-refractivity contribution in [1.82, 2.24) is 14.9 Å². The molecule has 1 aliphatic rings. The molecule has 1 aromatic heterocycles. The summed E-state index contributed by atoms with van der Waals surface area (Å²) in [5, 5.41) is 3.45. The highest BCUT2D eigenvalue weighted by Gasteiger charge is 2.30. The minimum Gasteiger partial charge on any atom is -0.366 e. The first kappa shape index (κ1) is 19.4. The standard InChI is InChI=1S/C19H24F3N5/c1-26(2)18-10-17(23-13-24-18)25-16-4-3-9-27(12-16)11-14-5-7-15(8-6-14)19(20,21)22/h5-8,10,13,16H,3-4,9,11-12H2,1-2H3,(H,23,24,25). The molecule has 2 heterocycles. The van der Waals surface area contributed by atoms with Gasteiger partial charge >= 0.3 is 6.18 Å². The molecule has 0 aliphatic carbocycles. The third kappa shape index (κ3) is 5.32. The maximum atomic E-state index is 12.7. The van der Waals surface area contributed by atoms with E-state index in [1.807, 2.05) is 25.1 Å². The smallest absolute Gasteiger partial charge is 0.366 e. The topological polar surface area (TPSA) is 44.3 Å². The van der Waals surface area contributed by atoms with Gasteiger partial charge in [0.25, 0.3) is 0 Å². The van der Waals surface area contributed by atoms with Crippen molar-refractivity contribution >= 4 is 11.6 Å². The molecule has 1 aliphatic heterocycles. The minimum atomic E-state index is -4.29. The van der Waals surface area contributed by atoms with Crippen LogP contribution in [0.2, 0.25) is 0 Å². The average Bonchev–Trinajstić information content (AvgIpc) is 2.62. The van der Waals surface area contributed by atoms with E-state index in [1.165, 1.54) is 0 Å². The molecule has 0 radical (unpaired) electrons. The Balaban J connectivity index is 1.58. The zero-order valence-corrected chi connectivity index (χ0v) is 15.5. The molecule has 1 aromatic carbocycles. The van der Waals surface area contributed by atoms with E-state index in [2.05, 4.69) is 20.2 Å². The third-order valence-electron chi connectivity index (χ3n) is 4.66. The fraction of sp³-hybridized carbons (Fsp3) is 0.474. The first-order valence-electron chi connectivity index (χ1n) is 8.95. The number of nitrogens with one attached hydrogen (secondary N) is 1. The van der Waals surface area contributed by atoms with Crippen molar-refractivity contribution in [1.29, 1.82) is 0 Å². The van der Waals surface area contributed by atoms with Crippen LogP contribution in [-0.4, -0.2) is 48.1 Å². The van der Waals surface area contributed by atoms with Crippen molar-refractivity contribution < 1.29 is 13.2 Å². The number of likely N-dealkylation sites (tertiary alicyclic amines) is 1. The van der Waals surface area contributed by atoms with Crippen molar-refractivity contribution in [2.75, 3.05) is 37.4 Å². The second kappa shape index (κ2) is 8.12. The lowest BCUT2D eigenvalue weighted by molar-refractivity contribution is -0.137. The molecule has 1 N–H and O–H groups in total. The van der Waals surface area contributed by atoms with Gasteiger partial charge in [0.1, 0.15) is 18.0 Å². The highest BCUT2D eigenvalue weighted by molar-refractivity contribution is 5.47. The molecule has 1 unspecified atom stereocenters. The fourth-order valence-electron chi connectivity index (χ4n) is 3.25. The first-order chi connectivity index (χ1) is 12.8. The van der Waals surface area contributed by atoms with Crippen molar-refractivity contribution in [3.05, 3.63) is 47.8 Å². The van der Waals surface area contributed by atoms with Crippen LogP contribution in [-0.2, 0) is 12.7 Å². The summed E-state index contributed by atoms with van der Waals surface area (Å²) in [7, 11) is 3.86. The van der Waals surface area contributed by atoms with Crippen LogP contribution in [0.4, 0.5) is 24.8 Å². The number of rotatable bonds is 5. The van der Waals surface area contributed by atoms with Crippen LogP contribution >= 0.6 is 0 Å². The number of hydrogen-bond acceptors (Lipinski definition) is 5. The number of piperidine rings is 1. The van der Waals surface area contributed by atoms with Gasteiger partial charge in [-0.25, -0.2) is 9.97 Å². The Labute approximate surface area is 157 Å². The molecule has 1 atom stereocenters. The maximum absolute atomic E-state index is 12.7. The minimum absolute atomic E-state index is 0.248. The highest BCUT2D eigenvalue weighted by Crippen LogP contribution is 2.29. The molecule has 2 aromatic rings. The van der Waals surface area contributed by atoms with Crippen molar-refractivity contribution in [3.63, 3.8) is 0 Å². The Morgan fingerprint density at radius 2 is 1.93 bits per heavy atom. The van der Waals surface area contributed by atoms with E-state index in [4.69, 9.17) is 0 Å². The van der Waals surface area contributed by atoms with Crippen LogP contribution in [0, 0.1) is 0 Å². The summed E-state index contributed by atoms with van der Waals surface area (Å²) in [6, 6.07) is 7.59. The van der Waals surface area contributed by atoms with Gasteiger partial charge < -0.3 is 10.2 Å². The summed E-state index contributed by atoms with van der Waals surface area (Å²) in [6.07, 6.45) is -0.684. The summed E-state index contributed by atoms with van der Waals surface area (Å²) < 4.78 is 38.0. The number of halogens is 3. The highest BCUT2D eigenvalue weighted by atomic mass is 19.4. The summed E-state index contributed by atoms with van der Waals surface area (Å²) >= 11 is 0. The predicted octanol–water partition coefficient (Wildman–Crippen LogP) is 3.64. The number of hydrogen-bond donors (Lipinski definition) is 1. The number of nitrogens with zero attached hydrogens (tertiary/aromatic N) is 4. The summed E-state index contributed by atoms with van der Waals surface area (Å²) in [5.74, 6) is 1.63. The van der Waals surface area contributed by atoms with E-state index < -0.39 is 11.7 Å².